The molecular formula is C40H46O9. The Balaban J connectivity index is 1.20. The van der Waals surface area contributed by atoms with Gasteiger partial charge in [0.25, 0.3) is 0 Å². The van der Waals surface area contributed by atoms with Crippen LogP contribution in [0, 0.1) is 0 Å². The zero-order chi connectivity index (χ0) is 34.0. The molecule has 0 saturated carbocycles. The zero-order valence-electron chi connectivity index (χ0n) is 27.9. The average molecular weight is 671 g/mol. The third-order valence-corrected chi connectivity index (χ3v) is 8.94. The highest BCUT2D eigenvalue weighted by atomic mass is 16.8. The lowest BCUT2D eigenvalue weighted by molar-refractivity contribution is -0.333. The summed E-state index contributed by atoms with van der Waals surface area (Å²) in [5.74, 6) is 0. The van der Waals surface area contributed by atoms with E-state index in [4.69, 9.17) is 33.2 Å². The molecule has 0 bridgehead atoms. The molecule has 9 heteroatoms. The van der Waals surface area contributed by atoms with E-state index in [1.54, 1.807) is 0 Å². The molecular weight excluding hydrogens is 624 g/mol. The lowest BCUT2D eigenvalue weighted by Crippen LogP contribution is -2.60. The minimum atomic E-state index is -1.36. The van der Waals surface area contributed by atoms with Gasteiger partial charge >= 0.3 is 0 Å². The monoisotopic (exact) mass is 670 g/mol. The fourth-order valence-electron chi connectivity index (χ4n) is 6.24. The molecule has 49 heavy (non-hydrogen) atoms. The molecule has 0 aromatic heterocycles. The number of ether oxygens (including phenoxy) is 7. The molecule has 9 nitrogen and oxygen atoms in total. The Kier molecular flexibility index (Phi) is 12.6. The summed E-state index contributed by atoms with van der Waals surface area (Å²) in [5.41, 5.74) is 3.87. The van der Waals surface area contributed by atoms with Gasteiger partial charge in [-0.25, -0.2) is 0 Å². The molecule has 4 aromatic carbocycles. The summed E-state index contributed by atoms with van der Waals surface area (Å²) in [6, 6.07) is 39.1. The van der Waals surface area contributed by atoms with Crippen LogP contribution in [0.2, 0.25) is 0 Å². The van der Waals surface area contributed by atoms with Crippen molar-refractivity contribution in [2.24, 2.45) is 0 Å². The Morgan fingerprint density at radius 2 is 0.980 bits per heavy atom. The van der Waals surface area contributed by atoms with Crippen LogP contribution < -0.4 is 0 Å². The van der Waals surface area contributed by atoms with Gasteiger partial charge in [0.1, 0.15) is 36.6 Å². The average Bonchev–Trinajstić information content (AvgIpc) is 3.45. The Bertz CT molecular complexity index is 1510. The summed E-state index contributed by atoms with van der Waals surface area (Å²) >= 11 is 0. The summed E-state index contributed by atoms with van der Waals surface area (Å²) in [6.45, 7) is 4.85. The largest absolute Gasteiger partial charge is 0.387 e. The van der Waals surface area contributed by atoms with Crippen molar-refractivity contribution in [1.29, 1.82) is 0 Å². The van der Waals surface area contributed by atoms with Crippen molar-refractivity contribution in [3.05, 3.63) is 144 Å². The highest BCUT2D eigenvalue weighted by molar-refractivity contribution is 5.16. The molecule has 2 fully saturated rings. The van der Waals surface area contributed by atoms with Gasteiger partial charge in [-0.1, -0.05) is 121 Å². The molecule has 4 aromatic rings. The summed E-state index contributed by atoms with van der Waals surface area (Å²) in [5, 5.41) is 23.1. The van der Waals surface area contributed by atoms with Crippen molar-refractivity contribution in [3.8, 4) is 0 Å². The van der Waals surface area contributed by atoms with Gasteiger partial charge in [-0.3, -0.25) is 0 Å². The minimum absolute atomic E-state index is 0.205. The zero-order valence-corrected chi connectivity index (χ0v) is 27.9. The van der Waals surface area contributed by atoms with Crippen molar-refractivity contribution < 1.29 is 43.4 Å². The SMILES string of the molecule is C[C@@H]1OC(O[C@@H]2[C@H](OCc3ccccc3)[C@@H]([C@H](C)OCc3ccccc3)O[C@H]2O)[C@H](OCc2ccccc2)[C@H](O)[C@H]1OCc1ccccc1. The van der Waals surface area contributed by atoms with Crippen molar-refractivity contribution in [2.45, 2.75) is 102 Å². The van der Waals surface area contributed by atoms with Crippen LogP contribution in [0.5, 0.6) is 0 Å². The molecule has 0 radical (unpaired) electrons. The highest BCUT2D eigenvalue weighted by Gasteiger charge is 2.53. The number of hydrogen-bond acceptors (Lipinski definition) is 9. The van der Waals surface area contributed by atoms with Gasteiger partial charge in [0.2, 0.25) is 0 Å². The maximum atomic E-state index is 11.7. The normalized spacial score (nSPS) is 29.1. The van der Waals surface area contributed by atoms with Gasteiger partial charge in [0, 0.05) is 0 Å². The van der Waals surface area contributed by atoms with Gasteiger partial charge in [-0.15, -0.1) is 0 Å². The Morgan fingerprint density at radius 3 is 1.47 bits per heavy atom. The standard InChI is InChI=1S/C40H46O9/c1-27(43-23-29-15-7-3-8-16-29)35-37(46-26-32-21-13-6-14-22-32)38(39(42)48-35)49-40-36(45-25-31-19-11-5-12-20-31)33(41)34(28(2)47-40)44-24-30-17-9-4-10-18-30/h3-22,27-28,33-42H,23-26H2,1-2H3/t27-,28-,33+,34-,35+,36+,37+,38+,39+,40?/m0/s1. The molecule has 2 N–H and O–H groups in total. The number of hydrogen-bond donors (Lipinski definition) is 2. The van der Waals surface area contributed by atoms with Crippen molar-refractivity contribution in [3.63, 3.8) is 0 Å². The van der Waals surface area contributed by atoms with E-state index in [0.717, 1.165) is 22.3 Å². The number of rotatable bonds is 15. The fraction of sp³-hybridized carbons (Fsp3) is 0.400. The second kappa shape index (κ2) is 17.4. The quantitative estimate of drug-likeness (QED) is 0.168. The predicted octanol–water partition coefficient (Wildman–Crippen LogP) is 5.56. The second-order valence-corrected chi connectivity index (χ2v) is 12.6. The van der Waals surface area contributed by atoms with E-state index in [-0.39, 0.29) is 13.2 Å². The Labute approximate surface area is 288 Å². The first-order valence-corrected chi connectivity index (χ1v) is 16.9. The van der Waals surface area contributed by atoms with Crippen molar-refractivity contribution in [1.82, 2.24) is 0 Å². The van der Waals surface area contributed by atoms with E-state index < -0.39 is 61.4 Å². The van der Waals surface area contributed by atoms with Crippen molar-refractivity contribution in [2.75, 3.05) is 0 Å². The van der Waals surface area contributed by atoms with E-state index in [9.17, 15) is 10.2 Å². The molecule has 2 aliphatic rings. The summed E-state index contributed by atoms with van der Waals surface area (Å²) in [7, 11) is 0. The molecule has 2 aliphatic heterocycles. The van der Waals surface area contributed by atoms with Crippen LogP contribution in [-0.2, 0) is 59.6 Å². The van der Waals surface area contributed by atoms with Crippen LogP contribution >= 0.6 is 0 Å². The lowest BCUT2D eigenvalue weighted by atomic mass is 9.98. The number of benzene rings is 4. The van der Waals surface area contributed by atoms with Crippen LogP contribution in [-0.4, -0.2) is 71.6 Å². The van der Waals surface area contributed by atoms with E-state index in [2.05, 4.69) is 0 Å². The molecule has 2 saturated heterocycles. The van der Waals surface area contributed by atoms with Crippen molar-refractivity contribution >= 4 is 0 Å². The van der Waals surface area contributed by atoms with Crippen LogP contribution in [0.3, 0.4) is 0 Å². The molecule has 0 amide bonds. The molecule has 6 rings (SSSR count). The molecule has 1 unspecified atom stereocenters. The maximum absolute atomic E-state index is 11.7. The third-order valence-electron chi connectivity index (χ3n) is 8.94. The molecule has 260 valence electrons. The summed E-state index contributed by atoms with van der Waals surface area (Å²) < 4.78 is 44.2. The molecule has 10 atom stereocenters. The van der Waals surface area contributed by atoms with Crippen LogP contribution in [0.1, 0.15) is 36.1 Å². The third kappa shape index (κ3) is 9.40. The molecule has 0 aliphatic carbocycles. The first-order valence-electron chi connectivity index (χ1n) is 16.9. The Morgan fingerprint density at radius 1 is 0.551 bits per heavy atom. The Hall–Kier alpha value is -3.48. The van der Waals surface area contributed by atoms with E-state index in [0.29, 0.717) is 13.2 Å². The van der Waals surface area contributed by atoms with Gasteiger partial charge in [-0.2, -0.15) is 0 Å². The smallest absolute Gasteiger partial charge is 0.187 e. The lowest BCUT2D eigenvalue weighted by Gasteiger charge is -2.44. The minimum Gasteiger partial charge on any atom is -0.387 e. The van der Waals surface area contributed by atoms with Gasteiger partial charge in [0.05, 0.1) is 38.6 Å². The number of aliphatic hydroxyl groups is 2. The van der Waals surface area contributed by atoms with E-state index in [1.807, 2.05) is 135 Å². The first-order chi connectivity index (χ1) is 24.0. The fourth-order valence-corrected chi connectivity index (χ4v) is 6.24. The number of aliphatic hydroxyl groups excluding tert-OH is 2. The van der Waals surface area contributed by atoms with Crippen LogP contribution in [0.15, 0.2) is 121 Å². The summed E-state index contributed by atoms with van der Waals surface area (Å²) in [4.78, 5) is 0. The second-order valence-electron chi connectivity index (χ2n) is 12.6. The molecule has 0 spiro atoms. The van der Waals surface area contributed by atoms with Gasteiger partial charge in [0.15, 0.2) is 12.6 Å². The predicted molar refractivity (Wildman–Crippen MR) is 182 cm³/mol. The van der Waals surface area contributed by atoms with Gasteiger partial charge < -0.3 is 43.4 Å². The first kappa shape index (κ1) is 35.3. The molecule has 2 heterocycles. The maximum Gasteiger partial charge on any atom is 0.187 e. The topological polar surface area (TPSA) is 105 Å². The van der Waals surface area contributed by atoms with Gasteiger partial charge in [-0.05, 0) is 36.1 Å². The van der Waals surface area contributed by atoms with Crippen LogP contribution in [0.4, 0.5) is 0 Å². The highest BCUT2D eigenvalue weighted by Crippen LogP contribution is 2.35. The van der Waals surface area contributed by atoms with Crippen LogP contribution in [0.25, 0.3) is 0 Å². The summed E-state index contributed by atoms with van der Waals surface area (Å²) in [6.07, 6.45) is -8.59. The van der Waals surface area contributed by atoms with E-state index >= 15 is 0 Å². The van der Waals surface area contributed by atoms with E-state index in [1.165, 1.54) is 0 Å².